The van der Waals surface area contributed by atoms with Crippen LogP contribution in [0.1, 0.15) is 29.5 Å². The van der Waals surface area contributed by atoms with Crippen molar-refractivity contribution in [1.29, 1.82) is 0 Å². The first-order valence-electron chi connectivity index (χ1n) is 7.49. The van der Waals surface area contributed by atoms with E-state index in [1.54, 1.807) is 0 Å². The lowest BCUT2D eigenvalue weighted by Gasteiger charge is -2.38. The van der Waals surface area contributed by atoms with E-state index in [-0.39, 0.29) is 5.79 Å². The van der Waals surface area contributed by atoms with E-state index < -0.39 is 0 Å². The Labute approximate surface area is 120 Å². The van der Waals surface area contributed by atoms with Crippen LogP contribution in [0.4, 0.5) is 0 Å². The SMILES string of the molecule is Cc1cc(CN)ccc1CN1CCCC2(C1)OCCO2. The third-order valence-corrected chi connectivity index (χ3v) is 4.35. The van der Waals surface area contributed by atoms with E-state index >= 15 is 0 Å². The van der Waals surface area contributed by atoms with Crippen molar-refractivity contribution < 1.29 is 9.47 Å². The quantitative estimate of drug-likeness (QED) is 0.914. The van der Waals surface area contributed by atoms with Crippen LogP contribution in [-0.4, -0.2) is 37.0 Å². The van der Waals surface area contributed by atoms with Crippen molar-refractivity contribution in [3.8, 4) is 0 Å². The Kier molecular flexibility index (Phi) is 4.08. The summed E-state index contributed by atoms with van der Waals surface area (Å²) in [5.74, 6) is -0.330. The summed E-state index contributed by atoms with van der Waals surface area (Å²) >= 11 is 0. The van der Waals surface area contributed by atoms with Crippen molar-refractivity contribution in [3.63, 3.8) is 0 Å². The van der Waals surface area contributed by atoms with Crippen LogP contribution in [0.3, 0.4) is 0 Å². The average molecular weight is 276 g/mol. The van der Waals surface area contributed by atoms with Gasteiger partial charge in [-0.1, -0.05) is 18.2 Å². The fourth-order valence-corrected chi connectivity index (χ4v) is 3.24. The molecule has 0 saturated carbocycles. The van der Waals surface area contributed by atoms with Gasteiger partial charge in [0.15, 0.2) is 5.79 Å². The van der Waals surface area contributed by atoms with Crippen LogP contribution in [0, 0.1) is 6.92 Å². The van der Waals surface area contributed by atoms with Crippen molar-refractivity contribution in [1.82, 2.24) is 4.90 Å². The van der Waals surface area contributed by atoms with Crippen molar-refractivity contribution in [3.05, 3.63) is 34.9 Å². The zero-order valence-corrected chi connectivity index (χ0v) is 12.2. The number of nitrogens with two attached hydrogens (primary N) is 1. The van der Waals surface area contributed by atoms with E-state index in [1.807, 2.05) is 0 Å². The van der Waals surface area contributed by atoms with E-state index in [9.17, 15) is 0 Å². The molecule has 1 aromatic rings. The summed E-state index contributed by atoms with van der Waals surface area (Å²) in [5.41, 5.74) is 9.58. The Bertz CT molecular complexity index is 470. The molecule has 2 fully saturated rings. The van der Waals surface area contributed by atoms with Crippen LogP contribution in [0.15, 0.2) is 18.2 Å². The Morgan fingerprint density at radius 2 is 2.10 bits per heavy atom. The van der Waals surface area contributed by atoms with Gasteiger partial charge in [-0.15, -0.1) is 0 Å². The minimum Gasteiger partial charge on any atom is -0.346 e. The molecule has 110 valence electrons. The molecule has 20 heavy (non-hydrogen) atoms. The Hall–Kier alpha value is -0.940. The van der Waals surface area contributed by atoms with Gasteiger partial charge in [0.05, 0.1) is 19.8 Å². The third-order valence-electron chi connectivity index (χ3n) is 4.35. The van der Waals surface area contributed by atoms with Gasteiger partial charge < -0.3 is 15.2 Å². The first kappa shape index (κ1) is 14.0. The molecular formula is C16H24N2O2. The molecule has 2 heterocycles. The van der Waals surface area contributed by atoms with Crippen LogP contribution in [0.25, 0.3) is 0 Å². The zero-order chi connectivity index (χ0) is 14.0. The number of benzene rings is 1. The van der Waals surface area contributed by atoms with E-state index in [2.05, 4.69) is 30.0 Å². The summed E-state index contributed by atoms with van der Waals surface area (Å²) in [4.78, 5) is 2.44. The topological polar surface area (TPSA) is 47.7 Å². The standard InChI is InChI=1S/C16H24N2O2/c1-13-9-14(10-17)3-4-15(13)11-18-6-2-5-16(12-18)19-7-8-20-16/h3-4,9H,2,5-8,10-12,17H2,1H3. The Morgan fingerprint density at radius 1 is 1.30 bits per heavy atom. The molecular weight excluding hydrogens is 252 g/mol. The molecule has 2 aliphatic heterocycles. The molecule has 0 aromatic heterocycles. The second-order valence-corrected chi connectivity index (χ2v) is 5.89. The van der Waals surface area contributed by atoms with Crippen molar-refractivity contribution >= 4 is 0 Å². The van der Waals surface area contributed by atoms with Gasteiger partial charge in [-0.2, -0.15) is 0 Å². The minimum atomic E-state index is -0.330. The van der Waals surface area contributed by atoms with E-state index in [1.165, 1.54) is 16.7 Å². The number of rotatable bonds is 3. The fraction of sp³-hybridized carbons (Fsp3) is 0.625. The van der Waals surface area contributed by atoms with Gasteiger partial charge in [0.1, 0.15) is 0 Å². The molecule has 1 spiro atoms. The maximum atomic E-state index is 5.84. The molecule has 2 N–H and O–H groups in total. The number of piperidine rings is 1. The second-order valence-electron chi connectivity index (χ2n) is 5.89. The van der Waals surface area contributed by atoms with Gasteiger partial charge >= 0.3 is 0 Å². The molecule has 4 nitrogen and oxygen atoms in total. The smallest absolute Gasteiger partial charge is 0.181 e. The summed E-state index contributed by atoms with van der Waals surface area (Å²) in [5, 5.41) is 0. The first-order valence-corrected chi connectivity index (χ1v) is 7.49. The van der Waals surface area contributed by atoms with Crippen LogP contribution in [0.2, 0.25) is 0 Å². The maximum Gasteiger partial charge on any atom is 0.181 e. The van der Waals surface area contributed by atoms with E-state index in [4.69, 9.17) is 15.2 Å². The molecule has 0 radical (unpaired) electrons. The normalized spacial score (nSPS) is 22.5. The van der Waals surface area contributed by atoms with Crippen molar-refractivity contribution in [2.24, 2.45) is 5.73 Å². The Balaban J connectivity index is 1.68. The van der Waals surface area contributed by atoms with Crippen LogP contribution in [-0.2, 0) is 22.6 Å². The molecule has 4 heteroatoms. The lowest BCUT2D eigenvalue weighted by Crippen LogP contribution is -2.48. The lowest BCUT2D eigenvalue weighted by molar-refractivity contribution is -0.190. The highest BCUT2D eigenvalue weighted by Gasteiger charge is 2.40. The molecule has 0 atom stereocenters. The van der Waals surface area contributed by atoms with Gasteiger partial charge in [0.25, 0.3) is 0 Å². The minimum absolute atomic E-state index is 0.330. The number of ether oxygens (including phenoxy) is 2. The molecule has 2 saturated heterocycles. The van der Waals surface area contributed by atoms with Crippen molar-refractivity contribution in [2.75, 3.05) is 26.3 Å². The van der Waals surface area contributed by atoms with Crippen LogP contribution >= 0.6 is 0 Å². The summed E-state index contributed by atoms with van der Waals surface area (Å²) in [7, 11) is 0. The first-order chi connectivity index (χ1) is 9.71. The van der Waals surface area contributed by atoms with Gasteiger partial charge in [0, 0.05) is 19.5 Å². The number of hydrogen-bond donors (Lipinski definition) is 1. The maximum absolute atomic E-state index is 5.84. The molecule has 1 aromatic carbocycles. The monoisotopic (exact) mass is 276 g/mol. The predicted octanol–water partition coefficient (Wildman–Crippen LogP) is 1.79. The van der Waals surface area contributed by atoms with Gasteiger partial charge in [-0.25, -0.2) is 0 Å². The van der Waals surface area contributed by atoms with E-state index in [0.29, 0.717) is 6.54 Å². The summed E-state index contributed by atoms with van der Waals surface area (Å²) < 4.78 is 11.7. The highest BCUT2D eigenvalue weighted by molar-refractivity contribution is 5.31. The van der Waals surface area contributed by atoms with Gasteiger partial charge in [-0.05, 0) is 36.6 Å². The highest BCUT2D eigenvalue weighted by atomic mass is 16.7. The number of aryl methyl sites for hydroxylation is 1. The molecule has 2 aliphatic rings. The van der Waals surface area contributed by atoms with Gasteiger partial charge in [-0.3, -0.25) is 4.90 Å². The van der Waals surface area contributed by atoms with Gasteiger partial charge in [0.2, 0.25) is 0 Å². The lowest BCUT2D eigenvalue weighted by atomic mass is 10.0. The predicted molar refractivity (Wildman–Crippen MR) is 78.2 cm³/mol. The Morgan fingerprint density at radius 3 is 2.80 bits per heavy atom. The fourth-order valence-electron chi connectivity index (χ4n) is 3.24. The number of hydrogen-bond acceptors (Lipinski definition) is 4. The largest absolute Gasteiger partial charge is 0.346 e. The summed E-state index contributed by atoms with van der Waals surface area (Å²) in [6.45, 7) is 7.20. The second kappa shape index (κ2) is 5.82. The summed E-state index contributed by atoms with van der Waals surface area (Å²) in [6.07, 6.45) is 2.16. The van der Waals surface area contributed by atoms with Crippen LogP contribution in [0.5, 0.6) is 0 Å². The highest BCUT2D eigenvalue weighted by Crippen LogP contribution is 2.31. The molecule has 0 bridgehead atoms. The molecule has 3 rings (SSSR count). The third kappa shape index (κ3) is 2.88. The van der Waals surface area contributed by atoms with E-state index in [0.717, 1.165) is 45.7 Å². The molecule has 0 amide bonds. The summed E-state index contributed by atoms with van der Waals surface area (Å²) in [6, 6.07) is 6.53. The molecule has 0 aliphatic carbocycles. The number of likely N-dealkylation sites (tertiary alicyclic amines) is 1. The van der Waals surface area contributed by atoms with Crippen LogP contribution < -0.4 is 5.73 Å². The number of nitrogens with zero attached hydrogens (tertiary/aromatic N) is 1. The molecule has 0 unspecified atom stereocenters. The van der Waals surface area contributed by atoms with Crippen molar-refractivity contribution in [2.45, 2.75) is 38.6 Å². The average Bonchev–Trinajstić information content (AvgIpc) is 2.89. The zero-order valence-electron chi connectivity index (χ0n) is 12.2.